The van der Waals surface area contributed by atoms with Gasteiger partial charge in [0, 0.05) is 11.6 Å². The summed E-state index contributed by atoms with van der Waals surface area (Å²) in [7, 11) is 0. The zero-order valence-electron chi connectivity index (χ0n) is 8.75. The van der Waals surface area contributed by atoms with Gasteiger partial charge in [0.1, 0.15) is 0 Å². The van der Waals surface area contributed by atoms with Crippen LogP contribution in [0.4, 0.5) is 4.79 Å². The summed E-state index contributed by atoms with van der Waals surface area (Å²) in [6, 6.07) is -0.503. The summed E-state index contributed by atoms with van der Waals surface area (Å²) in [6.45, 7) is 0. The minimum Gasteiger partial charge on any atom is -0.350 e. The molecule has 4 heteroatoms. The Labute approximate surface area is 89.3 Å². The van der Waals surface area contributed by atoms with Crippen LogP contribution in [0.5, 0.6) is 0 Å². The minimum atomic E-state index is -0.503. The number of urea groups is 1. The van der Waals surface area contributed by atoms with Crippen LogP contribution < -0.4 is 16.6 Å². The quantitative estimate of drug-likeness (QED) is 0.597. The molecule has 2 atom stereocenters. The number of allylic oxidation sites excluding steroid dienone is 2. The molecule has 0 aliphatic heterocycles. The molecule has 82 valence electrons. The lowest BCUT2D eigenvalue weighted by molar-refractivity contribution is 0.148. The van der Waals surface area contributed by atoms with Gasteiger partial charge in [-0.1, -0.05) is 0 Å². The molecule has 2 fully saturated rings. The molecular weight excluding hydrogens is 190 g/mol. The van der Waals surface area contributed by atoms with E-state index in [0.717, 1.165) is 11.8 Å². The number of carbonyl (C=O) groups is 1. The Morgan fingerprint density at radius 1 is 1.20 bits per heavy atom. The summed E-state index contributed by atoms with van der Waals surface area (Å²) in [5, 5.41) is 0. The van der Waals surface area contributed by atoms with Crippen molar-refractivity contribution in [1.29, 1.82) is 0 Å². The van der Waals surface area contributed by atoms with Gasteiger partial charge in [-0.3, -0.25) is 5.43 Å². The molecule has 4 aliphatic rings. The van der Waals surface area contributed by atoms with Gasteiger partial charge in [-0.05, 0) is 49.5 Å². The van der Waals surface area contributed by atoms with Crippen LogP contribution in [-0.2, 0) is 0 Å². The third-order valence-electron chi connectivity index (χ3n) is 4.08. The molecule has 0 aromatic carbocycles. The molecule has 0 spiro atoms. The topological polar surface area (TPSA) is 67.2 Å². The van der Waals surface area contributed by atoms with E-state index < -0.39 is 6.03 Å². The fraction of sp³-hybridized carbons (Fsp3) is 0.727. The zero-order chi connectivity index (χ0) is 10.4. The first kappa shape index (κ1) is 9.07. The number of nitrogens with two attached hydrogens (primary N) is 1. The van der Waals surface area contributed by atoms with Gasteiger partial charge in [-0.25, -0.2) is 4.79 Å². The standard InChI is InChI=1S/C11H17N3O/c12-11(15)14-13-10-8-2-6-1-7(4-8)5-9(10)3-6/h6-8,13H,1-5H2,(H3,12,14,15). The summed E-state index contributed by atoms with van der Waals surface area (Å²) in [6.07, 6.45) is 6.48. The van der Waals surface area contributed by atoms with Gasteiger partial charge in [0.15, 0.2) is 0 Å². The van der Waals surface area contributed by atoms with Gasteiger partial charge in [-0.15, -0.1) is 0 Å². The minimum absolute atomic E-state index is 0.503. The summed E-state index contributed by atoms with van der Waals surface area (Å²) in [5.41, 5.74) is 13.4. The molecule has 2 unspecified atom stereocenters. The van der Waals surface area contributed by atoms with Crippen molar-refractivity contribution in [3.8, 4) is 0 Å². The van der Waals surface area contributed by atoms with Crippen molar-refractivity contribution in [1.82, 2.24) is 10.9 Å². The highest BCUT2D eigenvalue weighted by Crippen LogP contribution is 2.52. The Hall–Kier alpha value is -1.19. The summed E-state index contributed by atoms with van der Waals surface area (Å²) in [4.78, 5) is 10.7. The number of carbonyl (C=O) groups excluding carboxylic acids is 1. The number of hydrazine groups is 1. The van der Waals surface area contributed by atoms with E-state index in [-0.39, 0.29) is 0 Å². The molecule has 4 bridgehead atoms. The van der Waals surface area contributed by atoms with Crippen molar-refractivity contribution >= 4 is 6.03 Å². The molecule has 15 heavy (non-hydrogen) atoms. The third kappa shape index (κ3) is 1.48. The first-order chi connectivity index (χ1) is 7.22. The molecule has 4 nitrogen and oxygen atoms in total. The van der Waals surface area contributed by atoms with Crippen molar-refractivity contribution in [2.24, 2.45) is 23.5 Å². The molecule has 2 saturated carbocycles. The lowest BCUT2D eigenvalue weighted by atomic mass is 9.60. The van der Waals surface area contributed by atoms with Gasteiger partial charge >= 0.3 is 6.03 Å². The number of rotatable bonds is 2. The largest absolute Gasteiger partial charge is 0.350 e. The monoisotopic (exact) mass is 207 g/mol. The van der Waals surface area contributed by atoms with Crippen LogP contribution >= 0.6 is 0 Å². The van der Waals surface area contributed by atoms with Crippen molar-refractivity contribution in [3.05, 3.63) is 11.3 Å². The SMILES string of the molecule is NC(=O)NNC1=C2CC3CC(C2)CC1C3. The van der Waals surface area contributed by atoms with Crippen molar-refractivity contribution in [3.63, 3.8) is 0 Å². The number of amides is 2. The van der Waals surface area contributed by atoms with Crippen LogP contribution in [0.1, 0.15) is 32.1 Å². The Morgan fingerprint density at radius 3 is 2.40 bits per heavy atom. The summed E-state index contributed by atoms with van der Waals surface area (Å²) in [5.74, 6) is 2.48. The molecule has 4 rings (SSSR count). The fourth-order valence-electron chi connectivity index (χ4n) is 3.74. The van der Waals surface area contributed by atoms with E-state index in [2.05, 4.69) is 10.9 Å². The molecule has 0 saturated heterocycles. The Balaban J connectivity index is 1.79. The van der Waals surface area contributed by atoms with Crippen LogP contribution in [0.3, 0.4) is 0 Å². The predicted octanol–water partition coefficient (Wildman–Crippen LogP) is 1.25. The second-order valence-electron chi connectivity index (χ2n) is 5.18. The van der Waals surface area contributed by atoms with Crippen LogP contribution in [-0.4, -0.2) is 6.03 Å². The van der Waals surface area contributed by atoms with E-state index in [1.165, 1.54) is 43.4 Å². The zero-order valence-corrected chi connectivity index (χ0v) is 8.75. The number of hydrogen-bond acceptors (Lipinski definition) is 2. The van der Waals surface area contributed by atoms with E-state index in [4.69, 9.17) is 5.73 Å². The maximum atomic E-state index is 10.7. The van der Waals surface area contributed by atoms with E-state index in [1.54, 1.807) is 0 Å². The molecule has 0 aromatic rings. The Bertz CT molecular complexity index is 321. The van der Waals surface area contributed by atoms with Crippen molar-refractivity contribution < 1.29 is 4.79 Å². The summed E-state index contributed by atoms with van der Waals surface area (Å²) < 4.78 is 0. The highest BCUT2D eigenvalue weighted by molar-refractivity contribution is 5.71. The van der Waals surface area contributed by atoms with Gasteiger partial charge < -0.3 is 11.2 Å². The average Bonchev–Trinajstić information content (AvgIpc) is 2.14. The van der Waals surface area contributed by atoms with Gasteiger partial charge in [0.25, 0.3) is 0 Å². The van der Waals surface area contributed by atoms with Crippen molar-refractivity contribution in [2.45, 2.75) is 32.1 Å². The highest BCUT2D eigenvalue weighted by atomic mass is 16.2. The third-order valence-corrected chi connectivity index (χ3v) is 4.08. The molecule has 2 amide bonds. The second kappa shape index (κ2) is 3.15. The first-order valence-electron chi connectivity index (χ1n) is 5.75. The normalized spacial score (nSPS) is 36.9. The molecule has 0 radical (unpaired) electrons. The first-order valence-corrected chi connectivity index (χ1v) is 5.75. The van der Waals surface area contributed by atoms with Gasteiger partial charge in [-0.2, -0.15) is 0 Å². The van der Waals surface area contributed by atoms with Crippen LogP contribution in [0.25, 0.3) is 0 Å². The van der Waals surface area contributed by atoms with E-state index in [9.17, 15) is 4.79 Å². The van der Waals surface area contributed by atoms with Crippen LogP contribution in [0.2, 0.25) is 0 Å². The highest BCUT2D eigenvalue weighted by Gasteiger charge is 2.41. The van der Waals surface area contributed by atoms with Gasteiger partial charge in [0.2, 0.25) is 0 Å². The molecule has 4 aliphatic carbocycles. The molecule has 0 heterocycles. The maximum Gasteiger partial charge on any atom is 0.330 e. The Kier molecular flexibility index (Phi) is 1.90. The maximum absolute atomic E-state index is 10.7. The average molecular weight is 207 g/mol. The second-order valence-corrected chi connectivity index (χ2v) is 5.18. The summed E-state index contributed by atoms with van der Waals surface area (Å²) >= 11 is 0. The lowest BCUT2D eigenvalue weighted by Crippen LogP contribution is -2.47. The number of nitrogens with one attached hydrogen (secondary N) is 2. The van der Waals surface area contributed by atoms with E-state index >= 15 is 0 Å². The predicted molar refractivity (Wildman–Crippen MR) is 56.4 cm³/mol. The van der Waals surface area contributed by atoms with E-state index in [1.807, 2.05) is 0 Å². The van der Waals surface area contributed by atoms with Gasteiger partial charge in [0.05, 0.1) is 0 Å². The Morgan fingerprint density at radius 2 is 1.87 bits per heavy atom. The van der Waals surface area contributed by atoms with Crippen LogP contribution in [0, 0.1) is 17.8 Å². The molecule has 0 aromatic heterocycles. The van der Waals surface area contributed by atoms with Crippen molar-refractivity contribution in [2.75, 3.05) is 0 Å². The number of primary amides is 1. The lowest BCUT2D eigenvalue weighted by Gasteiger charge is -2.47. The number of hydrogen-bond donors (Lipinski definition) is 3. The van der Waals surface area contributed by atoms with Crippen LogP contribution in [0.15, 0.2) is 11.3 Å². The molecular formula is C11H17N3O. The smallest absolute Gasteiger partial charge is 0.330 e. The molecule has 4 N–H and O–H groups in total. The fourth-order valence-corrected chi connectivity index (χ4v) is 3.74. The van der Waals surface area contributed by atoms with E-state index in [0.29, 0.717) is 5.92 Å².